The summed E-state index contributed by atoms with van der Waals surface area (Å²) < 4.78 is 0. The summed E-state index contributed by atoms with van der Waals surface area (Å²) in [7, 11) is 0. The van der Waals surface area contributed by atoms with E-state index in [1.54, 1.807) is 0 Å². The Hall–Kier alpha value is -1.61. The molecule has 0 radical (unpaired) electrons. The molecule has 0 aliphatic carbocycles. The highest BCUT2D eigenvalue weighted by atomic mass is 32.1. The van der Waals surface area contributed by atoms with Gasteiger partial charge in [0.05, 0.1) is 0 Å². The van der Waals surface area contributed by atoms with Crippen LogP contribution in [0.25, 0.3) is 0 Å². The van der Waals surface area contributed by atoms with Gasteiger partial charge in [-0.05, 0) is 88.3 Å². The number of aromatic hydroxyl groups is 2. The fourth-order valence-corrected chi connectivity index (χ4v) is 7.28. The minimum Gasteiger partial charge on any atom is -0.508 e. The van der Waals surface area contributed by atoms with Crippen LogP contribution in [-0.4, -0.2) is 16.0 Å². The van der Waals surface area contributed by atoms with Crippen molar-refractivity contribution in [3.63, 3.8) is 0 Å². The second kappa shape index (κ2) is 15.2. The molecule has 0 saturated carbocycles. The largest absolute Gasteiger partial charge is 0.508 e. The Kier molecular flexibility index (Phi) is 13.2. The molecule has 2 aromatic rings. The molecule has 232 valence electrons. The van der Waals surface area contributed by atoms with Gasteiger partial charge < -0.3 is 10.2 Å². The standard InChI is InChI=1S/C38H62O2S/c1-11-12-13-14-15-16-17-18-19-20-21-29(26-41)38(10,30-24-32(36(4,5)6)34(39)22-27(30)2)31-25-33(37(7,8)9)35(40)23-28(31)3/h22-25,29,39-41H,11-21,26H2,1-10H3. The third-order valence-corrected chi connectivity index (χ3v) is 9.80. The Morgan fingerprint density at radius 2 is 0.951 bits per heavy atom. The molecule has 0 aliphatic heterocycles. The van der Waals surface area contributed by atoms with E-state index >= 15 is 0 Å². The molecule has 0 fully saturated rings. The molecular weight excluding hydrogens is 520 g/mol. The van der Waals surface area contributed by atoms with E-state index in [9.17, 15) is 10.2 Å². The maximum atomic E-state index is 11.0. The van der Waals surface area contributed by atoms with E-state index in [-0.39, 0.29) is 16.2 Å². The zero-order chi connectivity index (χ0) is 31.0. The van der Waals surface area contributed by atoms with Crippen LogP contribution in [0.5, 0.6) is 11.5 Å². The summed E-state index contributed by atoms with van der Waals surface area (Å²) in [5.74, 6) is 1.84. The predicted molar refractivity (Wildman–Crippen MR) is 183 cm³/mol. The third-order valence-electron chi connectivity index (χ3n) is 9.36. The highest BCUT2D eigenvalue weighted by molar-refractivity contribution is 7.80. The van der Waals surface area contributed by atoms with Gasteiger partial charge in [0.2, 0.25) is 0 Å². The van der Waals surface area contributed by atoms with Crippen LogP contribution in [0.2, 0.25) is 0 Å². The number of hydrogen-bond acceptors (Lipinski definition) is 3. The maximum Gasteiger partial charge on any atom is 0.119 e. The summed E-state index contributed by atoms with van der Waals surface area (Å²) in [4.78, 5) is 0. The summed E-state index contributed by atoms with van der Waals surface area (Å²) in [5.41, 5.74) is 6.02. The first-order chi connectivity index (χ1) is 19.1. The van der Waals surface area contributed by atoms with Crippen LogP contribution in [0, 0.1) is 19.8 Å². The first-order valence-electron chi connectivity index (χ1n) is 16.4. The molecule has 0 bridgehead atoms. The molecule has 2 N–H and O–H groups in total. The van der Waals surface area contributed by atoms with E-state index in [4.69, 9.17) is 12.6 Å². The Labute approximate surface area is 259 Å². The molecular formula is C38H62O2S. The van der Waals surface area contributed by atoms with Crippen LogP contribution >= 0.6 is 12.6 Å². The van der Waals surface area contributed by atoms with Gasteiger partial charge in [-0.2, -0.15) is 12.6 Å². The highest BCUT2D eigenvalue weighted by Crippen LogP contribution is 2.49. The van der Waals surface area contributed by atoms with Crippen LogP contribution in [0.15, 0.2) is 24.3 Å². The van der Waals surface area contributed by atoms with Gasteiger partial charge in [0, 0.05) is 5.41 Å². The smallest absolute Gasteiger partial charge is 0.119 e. The van der Waals surface area contributed by atoms with Crippen molar-refractivity contribution in [2.45, 2.75) is 156 Å². The summed E-state index contributed by atoms with van der Waals surface area (Å²) in [6.45, 7) is 22.0. The van der Waals surface area contributed by atoms with E-state index in [0.717, 1.165) is 34.4 Å². The van der Waals surface area contributed by atoms with Crippen LogP contribution in [0.3, 0.4) is 0 Å². The van der Waals surface area contributed by atoms with Crippen molar-refractivity contribution < 1.29 is 10.2 Å². The lowest BCUT2D eigenvalue weighted by Gasteiger charge is -2.42. The Morgan fingerprint density at radius 1 is 0.585 bits per heavy atom. The Balaban J connectivity index is 2.49. The maximum absolute atomic E-state index is 11.0. The van der Waals surface area contributed by atoms with Crippen LogP contribution in [0.4, 0.5) is 0 Å². The zero-order valence-corrected chi connectivity index (χ0v) is 29.1. The molecule has 41 heavy (non-hydrogen) atoms. The van der Waals surface area contributed by atoms with Crippen LogP contribution in [0.1, 0.15) is 159 Å². The summed E-state index contributed by atoms with van der Waals surface area (Å²) >= 11 is 4.98. The molecule has 0 aliphatic rings. The van der Waals surface area contributed by atoms with Crippen molar-refractivity contribution in [1.82, 2.24) is 0 Å². The number of hydrogen-bond donors (Lipinski definition) is 3. The number of aryl methyl sites for hydroxylation is 2. The topological polar surface area (TPSA) is 40.5 Å². The molecule has 1 unspecified atom stereocenters. The third kappa shape index (κ3) is 9.19. The van der Waals surface area contributed by atoms with Crippen LogP contribution < -0.4 is 0 Å². The highest BCUT2D eigenvalue weighted by Gasteiger charge is 2.41. The quantitative estimate of drug-likeness (QED) is 0.144. The summed E-state index contributed by atoms with van der Waals surface area (Å²) in [6, 6.07) is 8.46. The Morgan fingerprint density at radius 3 is 1.29 bits per heavy atom. The molecule has 1 atom stereocenters. The fraction of sp³-hybridized carbons (Fsp3) is 0.684. The van der Waals surface area contributed by atoms with E-state index in [2.05, 4.69) is 81.4 Å². The molecule has 2 nitrogen and oxygen atoms in total. The summed E-state index contributed by atoms with van der Waals surface area (Å²) in [5, 5.41) is 22.0. The first-order valence-corrected chi connectivity index (χ1v) is 17.0. The first kappa shape index (κ1) is 35.6. The van der Waals surface area contributed by atoms with Crippen molar-refractivity contribution in [2.24, 2.45) is 5.92 Å². The number of rotatable bonds is 15. The second-order valence-corrected chi connectivity index (χ2v) is 15.3. The molecule has 2 aromatic carbocycles. The lowest BCUT2D eigenvalue weighted by molar-refractivity contribution is 0.339. The Bertz CT molecular complexity index is 1030. The van der Waals surface area contributed by atoms with E-state index < -0.39 is 0 Å². The number of phenolic OH excluding ortho intramolecular Hbond substituents is 2. The van der Waals surface area contributed by atoms with E-state index in [1.807, 2.05) is 12.1 Å². The van der Waals surface area contributed by atoms with Gasteiger partial charge in [-0.25, -0.2) is 0 Å². The van der Waals surface area contributed by atoms with Gasteiger partial charge in [0.1, 0.15) is 11.5 Å². The lowest BCUT2D eigenvalue weighted by atomic mass is 9.62. The van der Waals surface area contributed by atoms with Crippen molar-refractivity contribution in [3.05, 3.63) is 57.6 Å². The molecule has 0 amide bonds. The van der Waals surface area contributed by atoms with Gasteiger partial charge in [0.15, 0.2) is 0 Å². The van der Waals surface area contributed by atoms with Gasteiger partial charge >= 0.3 is 0 Å². The normalized spacial score (nSPS) is 13.5. The zero-order valence-electron chi connectivity index (χ0n) is 28.2. The average molecular weight is 583 g/mol. The average Bonchev–Trinajstić information content (AvgIpc) is 2.85. The summed E-state index contributed by atoms with van der Waals surface area (Å²) in [6.07, 6.45) is 14.4. The predicted octanol–water partition coefficient (Wildman–Crippen LogP) is 11.5. The molecule has 0 spiro atoms. The van der Waals surface area contributed by atoms with Crippen molar-refractivity contribution in [1.29, 1.82) is 0 Å². The number of benzene rings is 2. The monoisotopic (exact) mass is 582 g/mol. The van der Waals surface area contributed by atoms with E-state index in [1.165, 1.54) is 75.3 Å². The second-order valence-electron chi connectivity index (χ2n) is 14.9. The van der Waals surface area contributed by atoms with Crippen LogP contribution in [-0.2, 0) is 16.2 Å². The number of phenols is 2. The minimum absolute atomic E-state index is 0.180. The van der Waals surface area contributed by atoms with Crippen molar-refractivity contribution in [3.8, 4) is 11.5 Å². The van der Waals surface area contributed by atoms with Gasteiger partial charge in [-0.3, -0.25) is 0 Å². The molecule has 0 heterocycles. The fourth-order valence-electron chi connectivity index (χ4n) is 6.73. The van der Waals surface area contributed by atoms with Crippen molar-refractivity contribution in [2.75, 3.05) is 5.75 Å². The number of thiol groups is 1. The SMILES string of the molecule is CCCCCCCCCCCCC(CS)C(C)(c1cc(C(C)(C)C)c(O)cc1C)c1cc(C(C)(C)C)c(O)cc1C. The van der Waals surface area contributed by atoms with Crippen molar-refractivity contribution >= 4 is 12.6 Å². The molecule has 3 heteroatoms. The molecule has 0 saturated heterocycles. The number of unbranched alkanes of at least 4 members (excludes halogenated alkanes) is 9. The molecule has 0 aromatic heterocycles. The molecule has 2 rings (SSSR count). The minimum atomic E-state index is -0.323. The lowest BCUT2D eigenvalue weighted by Crippen LogP contribution is -2.37. The van der Waals surface area contributed by atoms with Gasteiger partial charge in [-0.1, -0.05) is 132 Å². The van der Waals surface area contributed by atoms with Gasteiger partial charge in [-0.15, -0.1) is 0 Å². The van der Waals surface area contributed by atoms with E-state index in [0.29, 0.717) is 17.4 Å². The van der Waals surface area contributed by atoms with Gasteiger partial charge in [0.25, 0.3) is 0 Å².